The number of carbonyl (C=O) groups is 1. The van der Waals surface area contributed by atoms with Gasteiger partial charge in [-0.25, -0.2) is 9.78 Å². The first-order valence-corrected chi connectivity index (χ1v) is 7.65. The minimum atomic E-state index is -0.275. The second-order valence-corrected chi connectivity index (χ2v) is 5.43. The molecule has 1 aromatic carbocycles. The van der Waals surface area contributed by atoms with Gasteiger partial charge in [-0.15, -0.1) is 0 Å². The lowest BCUT2D eigenvalue weighted by Crippen LogP contribution is -2.49. The van der Waals surface area contributed by atoms with E-state index >= 15 is 0 Å². The zero-order valence-corrected chi connectivity index (χ0v) is 12.9. The molecule has 2 N–H and O–H groups in total. The van der Waals surface area contributed by atoms with Crippen LogP contribution in [0.2, 0.25) is 0 Å². The van der Waals surface area contributed by atoms with Gasteiger partial charge in [0.1, 0.15) is 6.61 Å². The fraction of sp³-hybridized carbons (Fsp3) is 0.294. The first-order chi connectivity index (χ1) is 11.2. The minimum Gasteiger partial charge on any atom is -0.445 e. The Bertz CT molecular complexity index is 655. The van der Waals surface area contributed by atoms with E-state index in [2.05, 4.69) is 9.88 Å². The zero-order chi connectivity index (χ0) is 16.1. The van der Waals surface area contributed by atoms with E-state index in [1.165, 1.54) is 0 Å². The van der Waals surface area contributed by atoms with Crippen LogP contribution in [0.15, 0.2) is 48.7 Å². The molecule has 0 aliphatic carbocycles. The van der Waals surface area contributed by atoms with Gasteiger partial charge >= 0.3 is 6.09 Å². The van der Waals surface area contributed by atoms with Crippen molar-refractivity contribution >= 4 is 17.6 Å². The quantitative estimate of drug-likeness (QED) is 0.940. The molecule has 2 heterocycles. The number of pyridine rings is 1. The molecular weight excluding hydrogens is 292 g/mol. The molecule has 2 aromatic rings. The third-order valence-corrected chi connectivity index (χ3v) is 3.86. The first-order valence-electron chi connectivity index (χ1n) is 7.65. The molecule has 0 saturated carbocycles. The van der Waals surface area contributed by atoms with Crippen LogP contribution in [-0.4, -0.2) is 42.2 Å². The highest BCUT2D eigenvalue weighted by Gasteiger charge is 2.23. The van der Waals surface area contributed by atoms with Gasteiger partial charge in [0.25, 0.3) is 0 Å². The Balaban J connectivity index is 1.50. The number of nitrogens with zero attached hydrogens (tertiary/aromatic N) is 3. The number of nitrogen functional groups attached to an aromatic ring is 1. The largest absolute Gasteiger partial charge is 0.445 e. The highest BCUT2D eigenvalue weighted by atomic mass is 16.6. The second kappa shape index (κ2) is 7.00. The monoisotopic (exact) mass is 312 g/mol. The molecule has 1 amide bonds. The summed E-state index contributed by atoms with van der Waals surface area (Å²) in [5, 5.41) is 0. The van der Waals surface area contributed by atoms with E-state index in [-0.39, 0.29) is 6.09 Å². The highest BCUT2D eigenvalue weighted by Crippen LogP contribution is 2.20. The minimum absolute atomic E-state index is 0.275. The maximum atomic E-state index is 12.1. The maximum Gasteiger partial charge on any atom is 0.410 e. The smallest absolute Gasteiger partial charge is 0.410 e. The van der Waals surface area contributed by atoms with Gasteiger partial charge < -0.3 is 20.3 Å². The molecule has 6 nitrogen and oxygen atoms in total. The van der Waals surface area contributed by atoms with Crippen LogP contribution < -0.4 is 10.6 Å². The summed E-state index contributed by atoms with van der Waals surface area (Å²) in [5.41, 5.74) is 7.60. The summed E-state index contributed by atoms with van der Waals surface area (Å²) >= 11 is 0. The van der Waals surface area contributed by atoms with Crippen LogP contribution in [0, 0.1) is 0 Å². The number of hydrogen-bond donors (Lipinski definition) is 1. The fourth-order valence-corrected chi connectivity index (χ4v) is 2.59. The van der Waals surface area contributed by atoms with Gasteiger partial charge in [-0.3, -0.25) is 0 Å². The SMILES string of the molecule is Nc1cccnc1N1CCN(C(=O)OCc2ccccc2)CC1. The van der Waals surface area contributed by atoms with Crippen molar-refractivity contribution in [3.63, 3.8) is 0 Å². The van der Waals surface area contributed by atoms with Gasteiger partial charge in [0, 0.05) is 32.4 Å². The number of amides is 1. The molecule has 0 bridgehead atoms. The molecule has 0 radical (unpaired) electrons. The lowest BCUT2D eigenvalue weighted by atomic mass is 10.2. The third-order valence-electron chi connectivity index (χ3n) is 3.86. The summed E-state index contributed by atoms with van der Waals surface area (Å²) in [6, 6.07) is 13.3. The van der Waals surface area contributed by atoms with E-state index in [0.29, 0.717) is 38.5 Å². The molecular formula is C17H20N4O2. The summed E-state index contributed by atoms with van der Waals surface area (Å²) < 4.78 is 5.36. The van der Waals surface area contributed by atoms with Crippen molar-refractivity contribution in [2.24, 2.45) is 0 Å². The number of aromatic nitrogens is 1. The predicted octanol–water partition coefficient (Wildman–Crippen LogP) is 2.12. The number of piperazine rings is 1. The predicted molar refractivity (Wildman–Crippen MR) is 89.1 cm³/mol. The molecule has 120 valence electrons. The zero-order valence-electron chi connectivity index (χ0n) is 12.9. The molecule has 0 unspecified atom stereocenters. The topological polar surface area (TPSA) is 71.7 Å². The van der Waals surface area contributed by atoms with Gasteiger partial charge in [0.2, 0.25) is 0 Å². The van der Waals surface area contributed by atoms with E-state index in [4.69, 9.17) is 10.5 Å². The summed E-state index contributed by atoms with van der Waals surface area (Å²) in [4.78, 5) is 20.3. The van der Waals surface area contributed by atoms with Crippen LogP contribution in [0.1, 0.15) is 5.56 Å². The Labute approximate surface area is 135 Å². The molecule has 1 aromatic heterocycles. The summed E-state index contributed by atoms with van der Waals surface area (Å²) in [7, 11) is 0. The molecule has 1 fully saturated rings. The Morgan fingerprint density at radius 2 is 1.83 bits per heavy atom. The standard InChI is InChI=1S/C17H20N4O2/c18-15-7-4-8-19-16(15)20-9-11-21(12-10-20)17(22)23-13-14-5-2-1-3-6-14/h1-8H,9-13,18H2. The summed E-state index contributed by atoms with van der Waals surface area (Å²) in [5.74, 6) is 0.782. The molecule has 6 heteroatoms. The van der Waals surface area contributed by atoms with Crippen molar-refractivity contribution in [1.29, 1.82) is 0 Å². The van der Waals surface area contributed by atoms with E-state index in [9.17, 15) is 4.79 Å². The van der Waals surface area contributed by atoms with Crippen LogP contribution in [0.4, 0.5) is 16.3 Å². The molecule has 23 heavy (non-hydrogen) atoms. The number of rotatable bonds is 3. The molecule has 0 atom stereocenters. The van der Waals surface area contributed by atoms with Crippen molar-refractivity contribution in [2.45, 2.75) is 6.61 Å². The number of ether oxygens (including phenoxy) is 1. The van der Waals surface area contributed by atoms with Gasteiger partial charge in [0.05, 0.1) is 5.69 Å². The van der Waals surface area contributed by atoms with Crippen LogP contribution in [0.5, 0.6) is 0 Å². The van der Waals surface area contributed by atoms with Crippen LogP contribution in [-0.2, 0) is 11.3 Å². The molecule has 3 rings (SSSR count). The molecule has 1 aliphatic heterocycles. The normalized spacial score (nSPS) is 14.6. The maximum absolute atomic E-state index is 12.1. The number of hydrogen-bond acceptors (Lipinski definition) is 5. The van der Waals surface area contributed by atoms with E-state index in [0.717, 1.165) is 11.4 Å². The van der Waals surface area contributed by atoms with Crippen molar-refractivity contribution in [3.05, 3.63) is 54.2 Å². The van der Waals surface area contributed by atoms with Crippen molar-refractivity contribution in [1.82, 2.24) is 9.88 Å². The Morgan fingerprint density at radius 1 is 1.09 bits per heavy atom. The highest BCUT2D eigenvalue weighted by molar-refractivity contribution is 5.69. The van der Waals surface area contributed by atoms with Gasteiger partial charge in [-0.05, 0) is 17.7 Å². The van der Waals surface area contributed by atoms with Crippen molar-refractivity contribution in [2.75, 3.05) is 36.8 Å². The van der Waals surface area contributed by atoms with Gasteiger partial charge in [-0.2, -0.15) is 0 Å². The van der Waals surface area contributed by atoms with Gasteiger partial charge in [0.15, 0.2) is 5.82 Å². The molecule has 1 saturated heterocycles. The average Bonchev–Trinajstić information content (AvgIpc) is 2.61. The van der Waals surface area contributed by atoms with E-state index in [1.54, 1.807) is 11.1 Å². The number of nitrogens with two attached hydrogens (primary N) is 1. The third kappa shape index (κ3) is 3.71. The summed E-state index contributed by atoms with van der Waals surface area (Å²) in [6.45, 7) is 2.89. The number of benzene rings is 1. The van der Waals surface area contributed by atoms with Crippen LogP contribution in [0.25, 0.3) is 0 Å². The fourth-order valence-electron chi connectivity index (χ4n) is 2.59. The lowest BCUT2D eigenvalue weighted by molar-refractivity contribution is 0.0941. The average molecular weight is 312 g/mol. The Hall–Kier alpha value is -2.76. The molecule has 0 spiro atoms. The number of anilines is 2. The second-order valence-electron chi connectivity index (χ2n) is 5.43. The van der Waals surface area contributed by atoms with Crippen LogP contribution >= 0.6 is 0 Å². The van der Waals surface area contributed by atoms with E-state index < -0.39 is 0 Å². The van der Waals surface area contributed by atoms with Crippen LogP contribution in [0.3, 0.4) is 0 Å². The first kappa shape index (κ1) is 15.1. The number of carbonyl (C=O) groups excluding carboxylic acids is 1. The lowest BCUT2D eigenvalue weighted by Gasteiger charge is -2.35. The van der Waals surface area contributed by atoms with Gasteiger partial charge in [-0.1, -0.05) is 30.3 Å². The summed E-state index contributed by atoms with van der Waals surface area (Å²) in [6.07, 6.45) is 1.45. The molecule has 1 aliphatic rings. The van der Waals surface area contributed by atoms with E-state index in [1.807, 2.05) is 42.5 Å². The van der Waals surface area contributed by atoms with Crippen molar-refractivity contribution in [3.8, 4) is 0 Å². The van der Waals surface area contributed by atoms with Crippen molar-refractivity contribution < 1.29 is 9.53 Å². The Morgan fingerprint density at radius 3 is 2.52 bits per heavy atom. The Kier molecular flexibility index (Phi) is 4.61.